The Morgan fingerprint density at radius 1 is 0.610 bits per heavy atom. The Labute approximate surface area is 259 Å². The number of imidazole rings is 1. The van der Waals surface area contributed by atoms with E-state index >= 15 is 0 Å². The molecule has 206 valence electrons. The molecule has 1 aliphatic carbocycles. The van der Waals surface area contributed by atoms with Crippen LogP contribution in [-0.2, 0) is 6.54 Å². The number of halogens is 1. The number of rotatable bonds is 9. The van der Waals surface area contributed by atoms with Gasteiger partial charge in [-0.15, -0.1) is 0 Å². The average molecular weight is 671 g/mol. The standard InChI is InChI=1S/C35H32N2O2P.HI/c1-26-36-32-33(35(39)31-23-13-12-22-30(31)34(32)38)37(26)24-14-5-15-25-40(27-16-6-2-7-17-27,28-18-8-3-9-19-28)29-20-10-4-11-21-29;/h2-4,6-13,16-23H,5,14-15,24-25H2,1H3;1H/q+1;/p-1. The minimum atomic E-state index is -1.85. The normalized spacial score (nSPS) is 12.4. The summed E-state index contributed by atoms with van der Waals surface area (Å²) < 4.78 is 1.96. The van der Waals surface area contributed by atoms with Gasteiger partial charge in [-0.2, -0.15) is 0 Å². The Morgan fingerprint density at radius 2 is 1.07 bits per heavy atom. The molecular weight excluding hydrogens is 638 g/mol. The molecular formula is C35H32IN2O2P. The molecule has 5 aromatic rings. The van der Waals surface area contributed by atoms with Crippen LogP contribution in [0.3, 0.4) is 0 Å². The lowest BCUT2D eigenvalue weighted by molar-refractivity contribution is -0.0000217. The monoisotopic (exact) mass is 670 g/mol. The van der Waals surface area contributed by atoms with E-state index in [4.69, 9.17) is 0 Å². The van der Waals surface area contributed by atoms with Gasteiger partial charge in [0.25, 0.3) is 0 Å². The van der Waals surface area contributed by atoms with Gasteiger partial charge in [0.15, 0.2) is 0 Å². The molecule has 0 atom stereocenters. The van der Waals surface area contributed by atoms with Crippen molar-refractivity contribution in [2.24, 2.45) is 0 Å². The zero-order valence-electron chi connectivity index (χ0n) is 23.0. The number of hydrogen-bond acceptors (Lipinski definition) is 3. The van der Waals surface area contributed by atoms with Gasteiger partial charge in [0, 0.05) is 17.7 Å². The van der Waals surface area contributed by atoms with Crippen molar-refractivity contribution in [3.05, 3.63) is 144 Å². The molecule has 0 unspecified atom stereocenters. The van der Waals surface area contributed by atoms with Crippen molar-refractivity contribution in [1.82, 2.24) is 9.55 Å². The SMILES string of the molecule is Cc1nc2c(n1CCCCC[P+](c1ccccc1)(c1ccccc1)c1ccccc1)C(=O)c1ccccc1C2=O.[I-]. The molecule has 1 aromatic heterocycles. The largest absolute Gasteiger partial charge is 1.00 e. The summed E-state index contributed by atoms with van der Waals surface area (Å²) in [5.41, 5.74) is 1.67. The summed E-state index contributed by atoms with van der Waals surface area (Å²) in [4.78, 5) is 31.0. The van der Waals surface area contributed by atoms with Crippen LogP contribution in [0.1, 0.15) is 57.2 Å². The number of carbonyl (C=O) groups excluding carboxylic acids is 2. The van der Waals surface area contributed by atoms with Gasteiger partial charge in [0.2, 0.25) is 11.6 Å². The van der Waals surface area contributed by atoms with Crippen molar-refractivity contribution in [1.29, 1.82) is 0 Å². The van der Waals surface area contributed by atoms with E-state index in [0.717, 1.165) is 31.2 Å². The van der Waals surface area contributed by atoms with E-state index < -0.39 is 7.26 Å². The van der Waals surface area contributed by atoms with Crippen LogP contribution in [0.2, 0.25) is 0 Å². The Morgan fingerprint density at radius 3 is 1.59 bits per heavy atom. The third-order valence-electron chi connectivity index (χ3n) is 7.97. The third-order valence-corrected chi connectivity index (χ3v) is 12.5. The van der Waals surface area contributed by atoms with E-state index in [-0.39, 0.29) is 35.5 Å². The summed E-state index contributed by atoms with van der Waals surface area (Å²) in [7, 11) is -1.85. The second kappa shape index (κ2) is 12.6. The number of nitrogens with zero attached hydrogens (tertiary/aromatic N) is 2. The minimum absolute atomic E-state index is 0. The van der Waals surface area contributed by atoms with Crippen molar-refractivity contribution >= 4 is 34.7 Å². The number of unbranched alkanes of at least 4 members (excludes halogenated alkanes) is 2. The van der Waals surface area contributed by atoms with Gasteiger partial charge >= 0.3 is 0 Å². The Kier molecular flexibility index (Phi) is 8.96. The summed E-state index contributed by atoms with van der Waals surface area (Å²) in [5.74, 6) is 0.461. The average Bonchev–Trinajstić information content (AvgIpc) is 3.35. The fourth-order valence-electron chi connectivity index (χ4n) is 6.04. The summed E-state index contributed by atoms with van der Waals surface area (Å²) in [6.07, 6.45) is 4.04. The molecule has 41 heavy (non-hydrogen) atoms. The highest BCUT2D eigenvalue weighted by atomic mass is 127. The van der Waals surface area contributed by atoms with E-state index in [1.165, 1.54) is 15.9 Å². The molecule has 0 aliphatic heterocycles. The molecule has 1 heterocycles. The number of aryl methyl sites for hydroxylation is 1. The first-order chi connectivity index (χ1) is 19.6. The van der Waals surface area contributed by atoms with E-state index in [1.54, 1.807) is 18.2 Å². The maximum Gasteiger partial charge on any atom is 0.214 e. The second-order valence-corrected chi connectivity index (χ2v) is 13.9. The molecule has 4 nitrogen and oxygen atoms in total. The van der Waals surface area contributed by atoms with Gasteiger partial charge < -0.3 is 28.5 Å². The predicted octanol–water partition coefficient (Wildman–Crippen LogP) is 3.14. The van der Waals surface area contributed by atoms with Crippen molar-refractivity contribution in [2.45, 2.75) is 32.7 Å². The van der Waals surface area contributed by atoms with Crippen molar-refractivity contribution in [3.8, 4) is 0 Å². The van der Waals surface area contributed by atoms with E-state index in [0.29, 0.717) is 29.1 Å². The first-order valence-electron chi connectivity index (χ1n) is 13.9. The number of carbonyl (C=O) groups is 2. The molecule has 4 aromatic carbocycles. The van der Waals surface area contributed by atoms with Crippen LogP contribution in [0.15, 0.2) is 115 Å². The second-order valence-electron chi connectivity index (χ2n) is 10.3. The number of hydrogen-bond donors (Lipinski definition) is 0. The summed E-state index contributed by atoms with van der Waals surface area (Å²) >= 11 is 0. The highest BCUT2D eigenvalue weighted by Gasteiger charge is 2.44. The highest BCUT2D eigenvalue weighted by molar-refractivity contribution is 7.95. The first kappa shape index (κ1) is 29.1. The molecule has 1 aliphatic rings. The van der Waals surface area contributed by atoms with Gasteiger partial charge in [-0.3, -0.25) is 9.59 Å². The molecule has 0 spiro atoms. The molecule has 0 bridgehead atoms. The quantitative estimate of drug-likeness (QED) is 0.135. The van der Waals surface area contributed by atoms with E-state index in [2.05, 4.69) is 96.0 Å². The van der Waals surface area contributed by atoms with Crippen molar-refractivity contribution < 1.29 is 33.6 Å². The number of fused-ring (bicyclic) bond motifs is 2. The zero-order chi connectivity index (χ0) is 27.5. The molecule has 0 radical (unpaired) electrons. The van der Waals surface area contributed by atoms with Gasteiger partial charge in [-0.25, -0.2) is 4.98 Å². The predicted molar refractivity (Wildman–Crippen MR) is 164 cm³/mol. The minimum Gasteiger partial charge on any atom is -1.00 e. The lowest BCUT2D eigenvalue weighted by atomic mass is 9.90. The van der Waals surface area contributed by atoms with E-state index in [1.807, 2.05) is 17.6 Å². The van der Waals surface area contributed by atoms with Gasteiger partial charge in [-0.1, -0.05) is 78.9 Å². The Hall–Kier alpha value is -3.41. The summed E-state index contributed by atoms with van der Waals surface area (Å²) in [5, 5.41) is 4.19. The van der Waals surface area contributed by atoms with Crippen molar-refractivity contribution in [2.75, 3.05) is 6.16 Å². The molecule has 0 fully saturated rings. The Balaban J connectivity index is 0.00000337. The lowest BCUT2D eigenvalue weighted by Gasteiger charge is -2.27. The third kappa shape index (κ3) is 5.33. The molecule has 0 amide bonds. The van der Waals surface area contributed by atoms with Crippen LogP contribution >= 0.6 is 7.26 Å². The number of benzene rings is 4. The number of aromatic nitrogens is 2. The van der Waals surface area contributed by atoms with Gasteiger partial charge in [-0.05, 0) is 62.6 Å². The van der Waals surface area contributed by atoms with Crippen LogP contribution in [0, 0.1) is 6.92 Å². The Bertz CT molecular complexity index is 1570. The van der Waals surface area contributed by atoms with Crippen LogP contribution in [0.4, 0.5) is 0 Å². The number of ketones is 2. The maximum atomic E-state index is 13.4. The topological polar surface area (TPSA) is 52.0 Å². The molecule has 6 rings (SSSR count). The molecule has 0 saturated carbocycles. The molecule has 0 N–H and O–H groups in total. The van der Waals surface area contributed by atoms with Gasteiger partial charge in [0.05, 0.1) is 6.16 Å². The molecule has 6 heteroatoms. The summed E-state index contributed by atoms with van der Waals surface area (Å²) in [6, 6.07) is 40.0. The van der Waals surface area contributed by atoms with E-state index in [9.17, 15) is 9.59 Å². The fraction of sp³-hybridized carbons (Fsp3) is 0.171. The van der Waals surface area contributed by atoms with Crippen LogP contribution in [0.5, 0.6) is 0 Å². The zero-order valence-corrected chi connectivity index (χ0v) is 26.1. The van der Waals surface area contributed by atoms with Crippen LogP contribution < -0.4 is 39.9 Å². The van der Waals surface area contributed by atoms with Crippen LogP contribution in [0.25, 0.3) is 0 Å². The smallest absolute Gasteiger partial charge is 0.214 e. The molecule has 0 saturated heterocycles. The fourth-order valence-corrected chi connectivity index (χ4v) is 10.4. The maximum absolute atomic E-state index is 13.4. The van der Waals surface area contributed by atoms with Gasteiger partial charge in [0.1, 0.15) is 40.4 Å². The highest BCUT2D eigenvalue weighted by Crippen LogP contribution is 2.56. The lowest BCUT2D eigenvalue weighted by Crippen LogP contribution is -3.00. The van der Waals surface area contributed by atoms with Crippen molar-refractivity contribution in [3.63, 3.8) is 0 Å². The summed E-state index contributed by atoms with van der Waals surface area (Å²) in [6.45, 7) is 2.56. The van der Waals surface area contributed by atoms with Crippen LogP contribution in [-0.4, -0.2) is 27.3 Å². The first-order valence-corrected chi connectivity index (χ1v) is 15.9.